The fourth-order valence-corrected chi connectivity index (χ4v) is 5.92. The van der Waals surface area contributed by atoms with Crippen molar-refractivity contribution < 1.29 is 18.1 Å². The maximum Gasteiger partial charge on any atom is 0.478 e. The van der Waals surface area contributed by atoms with E-state index >= 15 is 0 Å². The summed E-state index contributed by atoms with van der Waals surface area (Å²) < 4.78 is 32.8. The van der Waals surface area contributed by atoms with Crippen molar-refractivity contribution in [2.24, 2.45) is 11.8 Å². The molecule has 0 radical (unpaired) electrons. The van der Waals surface area contributed by atoms with E-state index in [4.69, 9.17) is 13.6 Å². The number of nitrogens with zero attached hydrogens (tertiary/aromatic N) is 2. The highest BCUT2D eigenvalue weighted by Gasteiger charge is 2.38. The van der Waals surface area contributed by atoms with E-state index in [2.05, 4.69) is 63.7 Å². The summed E-state index contributed by atoms with van der Waals surface area (Å²) in [6.07, 6.45) is 19.4. The first-order valence-corrected chi connectivity index (χ1v) is 16.7. The molecule has 0 saturated carbocycles. The molecule has 3 unspecified atom stereocenters. The Morgan fingerprint density at radius 1 is 0.667 bits per heavy atom. The van der Waals surface area contributed by atoms with E-state index in [1.165, 1.54) is 19.3 Å². The van der Waals surface area contributed by atoms with Crippen LogP contribution in [0.25, 0.3) is 0 Å². The molecule has 1 aliphatic heterocycles. The monoisotopic (exact) mass is 530 g/mol. The molecule has 214 valence electrons. The standard InChI is InChI=1S/C29H59N2O4P/c1-7-13-17-18-22-31-24-23-30(21-16-10-4)29(31)35-36(32,33-25-27(11-5)19-14-8-2)34-26-28(12-6)20-15-9-3/h23-24,27-29H,7-22,25-26H2,1-6H3. The van der Waals surface area contributed by atoms with Crippen LogP contribution < -0.4 is 0 Å². The molecule has 1 heterocycles. The van der Waals surface area contributed by atoms with E-state index in [0.29, 0.717) is 25.0 Å². The fraction of sp³-hybridized carbons (Fsp3) is 0.931. The lowest BCUT2D eigenvalue weighted by atomic mass is 10.0. The third-order valence-electron chi connectivity index (χ3n) is 7.30. The third-order valence-corrected chi connectivity index (χ3v) is 8.68. The maximum absolute atomic E-state index is 14.2. The van der Waals surface area contributed by atoms with E-state index in [1.807, 2.05) is 0 Å². The summed E-state index contributed by atoms with van der Waals surface area (Å²) in [5, 5.41) is 0. The Kier molecular flexibility index (Phi) is 19.0. The lowest BCUT2D eigenvalue weighted by Crippen LogP contribution is -2.41. The second kappa shape index (κ2) is 20.4. The molecule has 0 aliphatic carbocycles. The minimum Gasteiger partial charge on any atom is -0.334 e. The van der Waals surface area contributed by atoms with Gasteiger partial charge in [0.2, 0.25) is 6.35 Å². The van der Waals surface area contributed by atoms with Crippen molar-refractivity contribution in [3.05, 3.63) is 12.4 Å². The summed E-state index contributed by atoms with van der Waals surface area (Å²) in [5.74, 6) is 0.742. The lowest BCUT2D eigenvalue weighted by molar-refractivity contribution is -0.0590. The van der Waals surface area contributed by atoms with Gasteiger partial charge in [-0.1, -0.05) is 106 Å². The summed E-state index contributed by atoms with van der Waals surface area (Å²) >= 11 is 0. The molecule has 36 heavy (non-hydrogen) atoms. The van der Waals surface area contributed by atoms with Crippen LogP contribution in [0.4, 0.5) is 0 Å². The van der Waals surface area contributed by atoms with Crippen LogP contribution in [0.3, 0.4) is 0 Å². The topological polar surface area (TPSA) is 51.2 Å². The Bertz CT molecular complexity index is 580. The van der Waals surface area contributed by atoms with Gasteiger partial charge in [-0.2, -0.15) is 0 Å². The fourth-order valence-electron chi connectivity index (χ4n) is 4.47. The van der Waals surface area contributed by atoms with Crippen LogP contribution in [0.1, 0.15) is 131 Å². The summed E-state index contributed by atoms with van der Waals surface area (Å²) in [5.41, 5.74) is 0. The number of phosphoric ester groups is 1. The van der Waals surface area contributed by atoms with Gasteiger partial charge in [-0.15, -0.1) is 0 Å². The van der Waals surface area contributed by atoms with Crippen molar-refractivity contribution in [1.82, 2.24) is 9.80 Å². The zero-order valence-corrected chi connectivity index (χ0v) is 25.5. The van der Waals surface area contributed by atoms with Crippen molar-refractivity contribution in [1.29, 1.82) is 0 Å². The number of rotatable bonds is 24. The van der Waals surface area contributed by atoms with Crippen LogP contribution >= 0.6 is 7.82 Å². The molecule has 0 bridgehead atoms. The largest absolute Gasteiger partial charge is 0.478 e. The normalized spacial score (nSPS) is 19.1. The van der Waals surface area contributed by atoms with Gasteiger partial charge < -0.3 is 9.80 Å². The first-order valence-electron chi connectivity index (χ1n) is 15.2. The number of phosphoric acid groups is 1. The van der Waals surface area contributed by atoms with Crippen LogP contribution in [0.15, 0.2) is 12.4 Å². The molecule has 0 aromatic carbocycles. The average molecular weight is 531 g/mol. The number of hydrogen-bond donors (Lipinski definition) is 0. The van der Waals surface area contributed by atoms with Crippen molar-refractivity contribution >= 4 is 7.82 Å². The zero-order valence-electron chi connectivity index (χ0n) is 24.6. The Morgan fingerprint density at radius 2 is 1.14 bits per heavy atom. The second-order valence-corrected chi connectivity index (χ2v) is 12.1. The smallest absolute Gasteiger partial charge is 0.334 e. The summed E-state index contributed by atoms with van der Waals surface area (Å²) in [4.78, 5) is 4.33. The van der Waals surface area contributed by atoms with E-state index in [-0.39, 0.29) is 0 Å². The molecule has 0 saturated heterocycles. The molecule has 1 aliphatic rings. The molecule has 0 N–H and O–H groups in total. The van der Waals surface area contributed by atoms with Crippen molar-refractivity contribution in [2.45, 2.75) is 138 Å². The number of unbranched alkanes of at least 4 members (excludes halogenated alkanes) is 6. The Morgan fingerprint density at radius 3 is 1.58 bits per heavy atom. The lowest BCUT2D eigenvalue weighted by Gasteiger charge is -2.34. The molecule has 0 spiro atoms. The minimum atomic E-state index is -3.74. The maximum atomic E-state index is 14.2. The van der Waals surface area contributed by atoms with Crippen LogP contribution in [0.2, 0.25) is 0 Å². The summed E-state index contributed by atoms with van der Waals surface area (Å²) in [6, 6.07) is 0. The molecule has 7 heteroatoms. The molecule has 6 nitrogen and oxygen atoms in total. The predicted molar refractivity (Wildman–Crippen MR) is 153 cm³/mol. The van der Waals surface area contributed by atoms with Gasteiger partial charge in [0.15, 0.2) is 0 Å². The van der Waals surface area contributed by atoms with Gasteiger partial charge in [0, 0.05) is 25.5 Å². The predicted octanol–water partition coefficient (Wildman–Crippen LogP) is 9.33. The molecule has 1 rings (SSSR count). The first kappa shape index (κ1) is 33.5. The summed E-state index contributed by atoms with van der Waals surface area (Å²) in [7, 11) is -3.74. The van der Waals surface area contributed by atoms with E-state index in [0.717, 1.165) is 83.7 Å². The molecule has 0 amide bonds. The van der Waals surface area contributed by atoms with E-state index in [1.54, 1.807) is 0 Å². The van der Waals surface area contributed by atoms with Gasteiger partial charge in [-0.05, 0) is 37.5 Å². The molecular formula is C29H59N2O4P. The molecule has 3 atom stereocenters. The van der Waals surface area contributed by atoms with Gasteiger partial charge in [0.25, 0.3) is 0 Å². The Balaban J connectivity index is 2.99. The van der Waals surface area contributed by atoms with E-state index in [9.17, 15) is 4.57 Å². The Labute approximate surface area is 224 Å². The van der Waals surface area contributed by atoms with Gasteiger partial charge in [0.1, 0.15) is 0 Å². The van der Waals surface area contributed by atoms with Gasteiger partial charge >= 0.3 is 7.82 Å². The van der Waals surface area contributed by atoms with Gasteiger partial charge in [0.05, 0.1) is 13.2 Å². The van der Waals surface area contributed by atoms with Gasteiger partial charge in [-0.3, -0.25) is 9.05 Å². The molecular weight excluding hydrogens is 471 g/mol. The van der Waals surface area contributed by atoms with Crippen molar-refractivity contribution in [3.63, 3.8) is 0 Å². The van der Waals surface area contributed by atoms with Crippen LogP contribution in [0, 0.1) is 11.8 Å². The third kappa shape index (κ3) is 13.3. The Hall–Kier alpha value is -0.550. The molecule has 0 aromatic rings. The highest BCUT2D eigenvalue weighted by atomic mass is 31.2. The minimum absolute atomic E-state index is 0.371. The van der Waals surface area contributed by atoms with Gasteiger partial charge in [-0.25, -0.2) is 9.09 Å². The SMILES string of the molecule is CCCCCCN1C=CN(CCCC)C1OP(=O)(OCC(CC)CCCC)OCC(CC)CCCC. The molecule has 0 fully saturated rings. The second-order valence-electron chi connectivity index (χ2n) is 10.5. The van der Waals surface area contributed by atoms with E-state index < -0.39 is 14.2 Å². The first-order chi connectivity index (χ1) is 17.5. The molecule has 0 aromatic heterocycles. The van der Waals surface area contributed by atoms with Crippen molar-refractivity contribution in [2.75, 3.05) is 26.3 Å². The van der Waals surface area contributed by atoms with Crippen LogP contribution in [0.5, 0.6) is 0 Å². The highest BCUT2D eigenvalue weighted by molar-refractivity contribution is 7.48. The summed E-state index contributed by atoms with van der Waals surface area (Å²) in [6.45, 7) is 15.8. The van der Waals surface area contributed by atoms with Crippen molar-refractivity contribution in [3.8, 4) is 0 Å². The van der Waals surface area contributed by atoms with Crippen LogP contribution in [-0.4, -0.2) is 42.5 Å². The highest BCUT2D eigenvalue weighted by Crippen LogP contribution is 2.53. The number of hydrogen-bond acceptors (Lipinski definition) is 6. The average Bonchev–Trinajstić information content (AvgIpc) is 3.26. The zero-order chi connectivity index (χ0) is 26.7. The van der Waals surface area contributed by atoms with Crippen LogP contribution in [-0.2, 0) is 18.1 Å². The quantitative estimate of drug-likeness (QED) is 0.0915.